The zero-order valence-electron chi connectivity index (χ0n) is 13.6. The van der Waals surface area contributed by atoms with Crippen molar-refractivity contribution in [3.05, 3.63) is 35.7 Å². The Balaban J connectivity index is 1.62. The van der Waals surface area contributed by atoms with Gasteiger partial charge < -0.3 is 9.47 Å². The maximum atomic E-state index is 11.2. The Kier molecular flexibility index (Phi) is 5.39. The molecule has 0 aliphatic heterocycles. The molecule has 3 rings (SSSR count). The normalized spacial score (nSPS) is 10.8. The van der Waals surface area contributed by atoms with Crippen LogP contribution in [0.5, 0.6) is 5.75 Å². The average Bonchev–Trinajstić information content (AvgIpc) is 3.02. The fourth-order valence-electron chi connectivity index (χ4n) is 2.20. The molecule has 3 aromatic rings. The highest BCUT2D eigenvalue weighted by Gasteiger charge is 2.09. The third-order valence-corrected chi connectivity index (χ3v) is 3.53. The van der Waals surface area contributed by atoms with Crippen LogP contribution in [0.3, 0.4) is 0 Å². The highest BCUT2D eigenvalue weighted by atomic mass is 35.5. The van der Waals surface area contributed by atoms with Crippen molar-refractivity contribution in [2.75, 3.05) is 13.2 Å². The number of esters is 1. The Morgan fingerprint density at radius 2 is 2.08 bits per heavy atom. The van der Waals surface area contributed by atoms with E-state index in [-0.39, 0.29) is 11.3 Å². The quantitative estimate of drug-likeness (QED) is 0.363. The highest BCUT2D eigenvalue weighted by Crippen LogP contribution is 2.18. The smallest absolute Gasteiger partial charge is 0.305 e. The summed E-state index contributed by atoms with van der Waals surface area (Å²) in [5.74, 6) is 0.491. The molecule has 1 aromatic carbocycles. The first-order chi connectivity index (χ1) is 12.2. The lowest BCUT2D eigenvalue weighted by Crippen LogP contribution is -2.06. The van der Waals surface area contributed by atoms with E-state index < -0.39 is 0 Å². The predicted octanol–water partition coefficient (Wildman–Crippen LogP) is 2.59. The van der Waals surface area contributed by atoms with Gasteiger partial charge in [0.2, 0.25) is 5.28 Å². The van der Waals surface area contributed by atoms with E-state index in [1.807, 2.05) is 24.3 Å². The van der Waals surface area contributed by atoms with E-state index in [0.29, 0.717) is 43.0 Å². The van der Waals surface area contributed by atoms with Crippen LogP contribution in [0.4, 0.5) is 0 Å². The van der Waals surface area contributed by atoms with Crippen molar-refractivity contribution in [3.8, 4) is 11.4 Å². The van der Waals surface area contributed by atoms with Crippen LogP contribution in [-0.4, -0.2) is 44.1 Å². The molecule has 25 heavy (non-hydrogen) atoms. The lowest BCUT2D eigenvalue weighted by Gasteiger charge is -2.07. The standard InChI is InChI=1S/C16H16ClN5O3/c1-2-24-14(23)4-3-9-25-12-7-5-11(6-8-12)22-15-13(20-21-22)10-18-16(17)19-15/h5-8,10H,2-4,9H2,1H3. The van der Waals surface area contributed by atoms with Crippen molar-refractivity contribution in [1.82, 2.24) is 25.0 Å². The molecule has 130 valence electrons. The first-order valence-electron chi connectivity index (χ1n) is 7.80. The maximum Gasteiger partial charge on any atom is 0.305 e. The summed E-state index contributed by atoms with van der Waals surface area (Å²) in [6, 6.07) is 7.31. The molecule has 0 bridgehead atoms. The van der Waals surface area contributed by atoms with Gasteiger partial charge in [-0.15, -0.1) is 5.10 Å². The minimum atomic E-state index is -0.208. The van der Waals surface area contributed by atoms with Crippen molar-refractivity contribution < 1.29 is 14.3 Å². The molecule has 0 fully saturated rings. The Bertz CT molecular complexity index is 866. The molecule has 0 amide bonds. The number of halogens is 1. The van der Waals surface area contributed by atoms with Crippen molar-refractivity contribution >= 4 is 28.7 Å². The SMILES string of the molecule is CCOC(=O)CCCOc1ccc(-n2nnc3cnc(Cl)nc32)cc1. The lowest BCUT2D eigenvalue weighted by atomic mass is 10.3. The summed E-state index contributed by atoms with van der Waals surface area (Å²) in [6.07, 6.45) is 2.47. The molecule has 0 aliphatic carbocycles. The molecule has 0 aliphatic rings. The number of fused-ring (bicyclic) bond motifs is 1. The van der Waals surface area contributed by atoms with Crippen molar-refractivity contribution in [2.24, 2.45) is 0 Å². The Morgan fingerprint density at radius 1 is 1.28 bits per heavy atom. The van der Waals surface area contributed by atoms with Crippen LogP contribution in [0, 0.1) is 0 Å². The summed E-state index contributed by atoms with van der Waals surface area (Å²) >= 11 is 5.83. The molecule has 2 heterocycles. The highest BCUT2D eigenvalue weighted by molar-refractivity contribution is 6.28. The third kappa shape index (κ3) is 4.21. The Morgan fingerprint density at radius 3 is 2.84 bits per heavy atom. The molecular formula is C16H16ClN5O3. The van der Waals surface area contributed by atoms with Gasteiger partial charge in [-0.2, -0.15) is 9.67 Å². The number of ether oxygens (including phenoxy) is 2. The van der Waals surface area contributed by atoms with E-state index in [2.05, 4.69) is 20.3 Å². The van der Waals surface area contributed by atoms with Crippen LogP contribution >= 0.6 is 11.6 Å². The number of carbonyl (C=O) groups is 1. The molecule has 2 aromatic heterocycles. The van der Waals surface area contributed by atoms with Crippen LogP contribution < -0.4 is 4.74 Å². The second-order valence-corrected chi connectivity index (χ2v) is 5.44. The van der Waals surface area contributed by atoms with Gasteiger partial charge in [-0.3, -0.25) is 4.79 Å². The van der Waals surface area contributed by atoms with Gasteiger partial charge in [-0.1, -0.05) is 5.21 Å². The summed E-state index contributed by atoms with van der Waals surface area (Å²) in [5.41, 5.74) is 1.86. The monoisotopic (exact) mass is 361 g/mol. The zero-order valence-corrected chi connectivity index (χ0v) is 14.3. The molecular weight excluding hydrogens is 346 g/mol. The van der Waals surface area contributed by atoms with Gasteiger partial charge in [0.1, 0.15) is 5.75 Å². The minimum Gasteiger partial charge on any atom is -0.494 e. The van der Waals surface area contributed by atoms with Gasteiger partial charge in [0.05, 0.1) is 25.1 Å². The van der Waals surface area contributed by atoms with E-state index in [1.165, 1.54) is 6.20 Å². The van der Waals surface area contributed by atoms with Crippen LogP contribution in [-0.2, 0) is 9.53 Å². The number of rotatable bonds is 7. The number of aromatic nitrogens is 5. The zero-order chi connectivity index (χ0) is 17.6. The molecule has 0 unspecified atom stereocenters. The molecule has 0 spiro atoms. The molecule has 0 N–H and O–H groups in total. The van der Waals surface area contributed by atoms with Gasteiger partial charge in [0.15, 0.2) is 11.2 Å². The predicted molar refractivity (Wildman–Crippen MR) is 90.8 cm³/mol. The van der Waals surface area contributed by atoms with Crippen molar-refractivity contribution in [3.63, 3.8) is 0 Å². The molecule has 0 saturated heterocycles. The molecule has 9 heteroatoms. The number of benzene rings is 1. The summed E-state index contributed by atoms with van der Waals surface area (Å²) in [7, 11) is 0. The fourth-order valence-corrected chi connectivity index (χ4v) is 2.33. The second-order valence-electron chi connectivity index (χ2n) is 5.10. The van der Waals surface area contributed by atoms with Crippen LogP contribution in [0.15, 0.2) is 30.5 Å². The van der Waals surface area contributed by atoms with Gasteiger partial charge >= 0.3 is 5.97 Å². The average molecular weight is 362 g/mol. The van der Waals surface area contributed by atoms with Crippen LogP contribution in [0.1, 0.15) is 19.8 Å². The number of carbonyl (C=O) groups excluding carboxylic acids is 1. The molecule has 0 radical (unpaired) electrons. The maximum absolute atomic E-state index is 11.2. The number of nitrogens with zero attached hydrogens (tertiary/aromatic N) is 5. The summed E-state index contributed by atoms with van der Waals surface area (Å²) in [4.78, 5) is 19.3. The first kappa shape index (κ1) is 17.1. The first-order valence-corrected chi connectivity index (χ1v) is 8.18. The van der Waals surface area contributed by atoms with E-state index in [4.69, 9.17) is 21.1 Å². The number of hydrogen-bond acceptors (Lipinski definition) is 7. The molecule has 8 nitrogen and oxygen atoms in total. The van der Waals surface area contributed by atoms with E-state index in [0.717, 1.165) is 5.69 Å². The Labute approximate surface area is 148 Å². The van der Waals surface area contributed by atoms with Crippen molar-refractivity contribution in [2.45, 2.75) is 19.8 Å². The summed E-state index contributed by atoms with van der Waals surface area (Å²) in [6.45, 7) is 2.62. The van der Waals surface area contributed by atoms with Crippen molar-refractivity contribution in [1.29, 1.82) is 0 Å². The molecule has 0 saturated carbocycles. The Hall–Kier alpha value is -2.74. The largest absolute Gasteiger partial charge is 0.494 e. The van der Waals surface area contributed by atoms with E-state index >= 15 is 0 Å². The number of hydrogen-bond donors (Lipinski definition) is 0. The van der Waals surface area contributed by atoms with Gasteiger partial charge in [-0.25, -0.2) is 4.98 Å². The lowest BCUT2D eigenvalue weighted by molar-refractivity contribution is -0.143. The topological polar surface area (TPSA) is 92.0 Å². The van der Waals surface area contributed by atoms with Gasteiger partial charge in [0.25, 0.3) is 0 Å². The molecule has 0 atom stereocenters. The minimum absolute atomic E-state index is 0.137. The second kappa shape index (κ2) is 7.89. The summed E-state index contributed by atoms with van der Waals surface area (Å²) < 4.78 is 12.1. The third-order valence-electron chi connectivity index (χ3n) is 3.34. The summed E-state index contributed by atoms with van der Waals surface area (Å²) in [5, 5.41) is 8.20. The van der Waals surface area contributed by atoms with E-state index in [9.17, 15) is 4.79 Å². The van der Waals surface area contributed by atoms with Gasteiger partial charge in [0, 0.05) is 6.42 Å². The van der Waals surface area contributed by atoms with Gasteiger partial charge in [-0.05, 0) is 49.2 Å². The fraction of sp³-hybridized carbons (Fsp3) is 0.312. The van der Waals surface area contributed by atoms with Crippen LogP contribution in [0.2, 0.25) is 5.28 Å². The van der Waals surface area contributed by atoms with E-state index in [1.54, 1.807) is 11.6 Å². The van der Waals surface area contributed by atoms with Crippen LogP contribution in [0.25, 0.3) is 16.9 Å².